The molecule has 1 aliphatic carbocycles. The van der Waals surface area contributed by atoms with Crippen LogP contribution in [0.15, 0.2) is 24.4 Å². The van der Waals surface area contributed by atoms with Crippen molar-refractivity contribution in [2.24, 2.45) is 13.0 Å². The summed E-state index contributed by atoms with van der Waals surface area (Å²) in [4.78, 5) is 0. The van der Waals surface area contributed by atoms with Gasteiger partial charge >= 0.3 is 0 Å². The van der Waals surface area contributed by atoms with Gasteiger partial charge in [0.15, 0.2) is 0 Å². The van der Waals surface area contributed by atoms with Crippen LogP contribution in [0.3, 0.4) is 0 Å². The molecule has 2 rings (SSSR count). The number of hydrogen-bond donors (Lipinski definition) is 1. The average molecular weight is 192 g/mol. The highest BCUT2D eigenvalue weighted by Crippen LogP contribution is 2.30. The zero-order chi connectivity index (χ0) is 9.97. The Kier molecular flexibility index (Phi) is 2.68. The molecule has 3 heteroatoms. The second-order valence-corrected chi connectivity index (χ2v) is 3.90. The summed E-state index contributed by atoms with van der Waals surface area (Å²) in [6, 6.07) is 1.89. The summed E-state index contributed by atoms with van der Waals surface area (Å²) in [5.74, 6) is 0.342. The predicted molar refractivity (Wildman–Crippen MR) is 54.6 cm³/mol. The summed E-state index contributed by atoms with van der Waals surface area (Å²) in [6.45, 7) is 0. The third kappa shape index (κ3) is 1.87. The fourth-order valence-corrected chi connectivity index (χ4v) is 1.94. The van der Waals surface area contributed by atoms with Crippen molar-refractivity contribution >= 4 is 0 Å². The van der Waals surface area contributed by atoms with Gasteiger partial charge < -0.3 is 5.11 Å². The Balaban J connectivity index is 2.07. The topological polar surface area (TPSA) is 38.0 Å². The number of aryl methyl sites for hydroxylation is 1. The first-order valence-corrected chi connectivity index (χ1v) is 5.10. The Hall–Kier alpha value is -1.09. The van der Waals surface area contributed by atoms with Crippen LogP contribution in [-0.2, 0) is 7.05 Å². The van der Waals surface area contributed by atoms with Gasteiger partial charge in [-0.05, 0) is 31.2 Å². The monoisotopic (exact) mass is 192 g/mol. The molecule has 3 nitrogen and oxygen atoms in total. The number of nitrogens with zero attached hydrogens (tertiary/aromatic N) is 2. The van der Waals surface area contributed by atoms with E-state index in [1.54, 1.807) is 4.68 Å². The highest BCUT2D eigenvalue weighted by atomic mass is 16.3. The van der Waals surface area contributed by atoms with E-state index in [9.17, 15) is 5.11 Å². The van der Waals surface area contributed by atoms with E-state index in [1.807, 2.05) is 19.3 Å². The standard InChI is InChI=1S/C11H16N2O/c1-13-8-7-10(12-13)11(14)9-5-3-2-4-6-9/h2-3,7-9,11,14H,4-6H2,1H3. The summed E-state index contributed by atoms with van der Waals surface area (Å²) < 4.78 is 1.73. The molecule has 0 saturated heterocycles. The number of allylic oxidation sites excluding steroid dienone is 2. The number of aliphatic hydroxyl groups is 1. The minimum absolute atomic E-state index is 0.342. The molecule has 0 radical (unpaired) electrons. The molecule has 0 amide bonds. The van der Waals surface area contributed by atoms with E-state index in [0.29, 0.717) is 5.92 Å². The lowest BCUT2D eigenvalue weighted by atomic mass is 9.88. The van der Waals surface area contributed by atoms with Crippen molar-refractivity contribution in [2.45, 2.75) is 25.4 Å². The number of rotatable bonds is 2. The van der Waals surface area contributed by atoms with Crippen LogP contribution in [0.25, 0.3) is 0 Å². The van der Waals surface area contributed by atoms with E-state index >= 15 is 0 Å². The lowest BCUT2D eigenvalue weighted by Crippen LogP contribution is -2.14. The van der Waals surface area contributed by atoms with Crippen molar-refractivity contribution in [1.82, 2.24) is 9.78 Å². The normalized spacial score (nSPS) is 23.7. The molecule has 0 aromatic carbocycles. The van der Waals surface area contributed by atoms with E-state index in [-0.39, 0.29) is 0 Å². The van der Waals surface area contributed by atoms with Crippen molar-refractivity contribution in [2.75, 3.05) is 0 Å². The first kappa shape index (κ1) is 9.46. The molecule has 14 heavy (non-hydrogen) atoms. The van der Waals surface area contributed by atoms with Gasteiger partial charge in [-0.15, -0.1) is 0 Å². The zero-order valence-corrected chi connectivity index (χ0v) is 8.43. The quantitative estimate of drug-likeness (QED) is 0.726. The van der Waals surface area contributed by atoms with E-state index in [2.05, 4.69) is 17.3 Å². The van der Waals surface area contributed by atoms with Gasteiger partial charge in [-0.1, -0.05) is 12.2 Å². The van der Waals surface area contributed by atoms with Gasteiger partial charge in [-0.2, -0.15) is 5.10 Å². The van der Waals surface area contributed by atoms with Crippen LogP contribution >= 0.6 is 0 Å². The molecule has 1 aliphatic rings. The first-order valence-electron chi connectivity index (χ1n) is 5.10. The van der Waals surface area contributed by atoms with Crippen molar-refractivity contribution in [3.8, 4) is 0 Å². The van der Waals surface area contributed by atoms with Crippen LogP contribution in [0, 0.1) is 5.92 Å². The predicted octanol–water partition coefficient (Wildman–Crippen LogP) is 1.81. The lowest BCUT2D eigenvalue weighted by Gasteiger charge is -2.22. The van der Waals surface area contributed by atoms with Gasteiger partial charge in [0.2, 0.25) is 0 Å². The van der Waals surface area contributed by atoms with Crippen LogP contribution in [-0.4, -0.2) is 14.9 Å². The van der Waals surface area contributed by atoms with Gasteiger partial charge in [-0.25, -0.2) is 0 Å². The zero-order valence-electron chi connectivity index (χ0n) is 8.43. The van der Waals surface area contributed by atoms with Crippen LogP contribution in [0.2, 0.25) is 0 Å². The Bertz CT molecular complexity index is 330. The third-order valence-electron chi connectivity index (χ3n) is 2.79. The van der Waals surface area contributed by atoms with Gasteiger partial charge in [0.25, 0.3) is 0 Å². The fraction of sp³-hybridized carbons (Fsp3) is 0.545. The van der Waals surface area contributed by atoms with Crippen LogP contribution < -0.4 is 0 Å². The maximum atomic E-state index is 10.0. The lowest BCUT2D eigenvalue weighted by molar-refractivity contribution is 0.0978. The van der Waals surface area contributed by atoms with Gasteiger partial charge in [0.1, 0.15) is 6.10 Å². The maximum Gasteiger partial charge on any atom is 0.101 e. The van der Waals surface area contributed by atoms with Crippen LogP contribution in [0.1, 0.15) is 31.1 Å². The largest absolute Gasteiger partial charge is 0.386 e. The van der Waals surface area contributed by atoms with Crippen LogP contribution in [0.4, 0.5) is 0 Å². The Labute approximate surface area is 84.1 Å². The van der Waals surface area contributed by atoms with Gasteiger partial charge in [0.05, 0.1) is 5.69 Å². The molecule has 0 fully saturated rings. The SMILES string of the molecule is Cn1ccc(C(O)C2CC=CCC2)n1. The smallest absolute Gasteiger partial charge is 0.101 e. The van der Waals surface area contributed by atoms with Gasteiger partial charge in [-0.3, -0.25) is 4.68 Å². The minimum atomic E-state index is -0.402. The Morgan fingerprint density at radius 1 is 1.57 bits per heavy atom. The second-order valence-electron chi connectivity index (χ2n) is 3.90. The van der Waals surface area contributed by atoms with Crippen molar-refractivity contribution in [3.05, 3.63) is 30.1 Å². The molecule has 0 aliphatic heterocycles. The Morgan fingerprint density at radius 3 is 3.00 bits per heavy atom. The maximum absolute atomic E-state index is 10.0. The molecule has 76 valence electrons. The number of aromatic nitrogens is 2. The number of aliphatic hydroxyl groups excluding tert-OH is 1. The summed E-state index contributed by atoms with van der Waals surface area (Å²) >= 11 is 0. The summed E-state index contributed by atoms with van der Waals surface area (Å²) in [7, 11) is 1.87. The van der Waals surface area contributed by atoms with Crippen molar-refractivity contribution in [1.29, 1.82) is 0 Å². The molecular weight excluding hydrogens is 176 g/mol. The highest BCUT2D eigenvalue weighted by molar-refractivity contribution is 5.06. The first-order chi connectivity index (χ1) is 6.77. The van der Waals surface area contributed by atoms with E-state index in [0.717, 1.165) is 25.0 Å². The highest BCUT2D eigenvalue weighted by Gasteiger charge is 2.22. The molecule has 0 bridgehead atoms. The minimum Gasteiger partial charge on any atom is -0.386 e. The van der Waals surface area contributed by atoms with Crippen molar-refractivity contribution in [3.63, 3.8) is 0 Å². The molecule has 0 spiro atoms. The molecular formula is C11H16N2O. The molecule has 1 N–H and O–H groups in total. The fourth-order valence-electron chi connectivity index (χ4n) is 1.94. The van der Waals surface area contributed by atoms with E-state index < -0.39 is 6.10 Å². The molecule has 1 aromatic heterocycles. The molecule has 2 atom stereocenters. The number of hydrogen-bond acceptors (Lipinski definition) is 2. The van der Waals surface area contributed by atoms with Gasteiger partial charge in [0, 0.05) is 13.2 Å². The molecule has 1 aromatic rings. The Morgan fingerprint density at radius 2 is 2.43 bits per heavy atom. The van der Waals surface area contributed by atoms with E-state index in [4.69, 9.17) is 0 Å². The summed E-state index contributed by atoms with van der Waals surface area (Å²) in [5, 5.41) is 14.3. The van der Waals surface area contributed by atoms with Crippen LogP contribution in [0.5, 0.6) is 0 Å². The second kappa shape index (κ2) is 3.96. The molecule has 2 unspecified atom stereocenters. The molecule has 1 heterocycles. The molecule has 0 saturated carbocycles. The third-order valence-corrected chi connectivity index (χ3v) is 2.79. The van der Waals surface area contributed by atoms with E-state index in [1.165, 1.54) is 0 Å². The van der Waals surface area contributed by atoms with Crippen molar-refractivity contribution < 1.29 is 5.11 Å². The summed E-state index contributed by atoms with van der Waals surface area (Å²) in [5.41, 5.74) is 0.799. The summed E-state index contributed by atoms with van der Waals surface area (Å²) in [6.07, 6.45) is 8.92. The average Bonchev–Trinajstić information content (AvgIpc) is 2.65.